The van der Waals surface area contributed by atoms with Gasteiger partial charge in [-0.05, 0) is 54.2 Å². The smallest absolute Gasteiger partial charge is 0.287 e. The number of hydrogen-bond acceptors (Lipinski definition) is 4. The van der Waals surface area contributed by atoms with E-state index in [0.717, 1.165) is 11.4 Å². The summed E-state index contributed by atoms with van der Waals surface area (Å²) in [6.45, 7) is 4.24. The Labute approximate surface area is 152 Å². The van der Waals surface area contributed by atoms with Crippen LogP contribution in [0.25, 0.3) is 0 Å². The SMILES string of the molecule is CSCCC(NC(=O)c1ccco1)C(=O)Nc1ccc(C(C)C)cc1. The van der Waals surface area contributed by atoms with E-state index in [0.29, 0.717) is 12.3 Å². The molecule has 2 aromatic rings. The third-order valence-corrected chi connectivity index (χ3v) is 4.47. The molecule has 0 bridgehead atoms. The highest BCUT2D eigenvalue weighted by Crippen LogP contribution is 2.17. The zero-order valence-corrected chi connectivity index (χ0v) is 15.6. The minimum atomic E-state index is -0.616. The molecule has 0 aliphatic heterocycles. The van der Waals surface area contributed by atoms with Gasteiger partial charge in [-0.2, -0.15) is 11.8 Å². The highest BCUT2D eigenvalue weighted by molar-refractivity contribution is 7.98. The summed E-state index contributed by atoms with van der Waals surface area (Å²) < 4.78 is 5.09. The second kappa shape index (κ2) is 9.32. The van der Waals surface area contributed by atoms with Crippen molar-refractivity contribution in [1.82, 2.24) is 5.32 Å². The zero-order valence-electron chi connectivity index (χ0n) is 14.7. The number of furan rings is 1. The average molecular weight is 360 g/mol. The van der Waals surface area contributed by atoms with E-state index in [1.165, 1.54) is 11.8 Å². The van der Waals surface area contributed by atoms with Gasteiger partial charge in [0.1, 0.15) is 6.04 Å². The van der Waals surface area contributed by atoms with Crippen LogP contribution in [0.15, 0.2) is 47.1 Å². The van der Waals surface area contributed by atoms with Gasteiger partial charge in [0.05, 0.1) is 6.26 Å². The Morgan fingerprint density at radius 1 is 1.16 bits per heavy atom. The molecule has 0 aliphatic carbocycles. The third kappa shape index (κ3) is 5.67. The van der Waals surface area contributed by atoms with Crippen LogP contribution in [0.1, 0.15) is 42.3 Å². The number of anilines is 1. The van der Waals surface area contributed by atoms with E-state index in [1.54, 1.807) is 23.9 Å². The summed E-state index contributed by atoms with van der Waals surface area (Å²) >= 11 is 1.63. The van der Waals surface area contributed by atoms with Crippen molar-refractivity contribution in [3.05, 3.63) is 54.0 Å². The highest BCUT2D eigenvalue weighted by Gasteiger charge is 2.22. The molecule has 5 nitrogen and oxygen atoms in total. The van der Waals surface area contributed by atoms with Crippen molar-refractivity contribution in [2.24, 2.45) is 0 Å². The minimum absolute atomic E-state index is 0.197. The van der Waals surface area contributed by atoms with Crippen molar-refractivity contribution in [3.63, 3.8) is 0 Å². The first-order valence-electron chi connectivity index (χ1n) is 8.25. The average Bonchev–Trinajstić information content (AvgIpc) is 3.13. The standard InChI is InChI=1S/C19H24N2O3S/c1-13(2)14-6-8-15(9-7-14)20-18(22)16(10-12-25-3)21-19(23)17-5-4-11-24-17/h4-9,11,13,16H,10,12H2,1-3H3,(H,20,22)(H,21,23). The van der Waals surface area contributed by atoms with E-state index in [1.807, 2.05) is 30.5 Å². The normalized spacial score (nSPS) is 12.0. The van der Waals surface area contributed by atoms with Crippen LogP contribution in [0.4, 0.5) is 5.69 Å². The summed E-state index contributed by atoms with van der Waals surface area (Å²) in [4.78, 5) is 24.7. The topological polar surface area (TPSA) is 71.3 Å². The molecule has 0 spiro atoms. The number of nitrogens with one attached hydrogen (secondary N) is 2. The van der Waals surface area contributed by atoms with Gasteiger partial charge in [0, 0.05) is 5.69 Å². The van der Waals surface area contributed by atoms with Crippen LogP contribution in [-0.2, 0) is 4.79 Å². The van der Waals surface area contributed by atoms with Gasteiger partial charge >= 0.3 is 0 Å². The molecule has 1 atom stereocenters. The fraction of sp³-hybridized carbons (Fsp3) is 0.368. The predicted octanol–water partition coefficient (Wildman–Crippen LogP) is 3.89. The molecule has 0 fully saturated rings. The summed E-state index contributed by atoms with van der Waals surface area (Å²) in [6.07, 6.45) is 3.94. The molecule has 1 unspecified atom stereocenters. The monoisotopic (exact) mass is 360 g/mol. The summed E-state index contributed by atoms with van der Waals surface area (Å²) in [5, 5.41) is 5.62. The van der Waals surface area contributed by atoms with Gasteiger partial charge in [-0.25, -0.2) is 0 Å². The number of carbonyl (C=O) groups is 2. The second-order valence-corrected chi connectivity index (χ2v) is 7.04. The van der Waals surface area contributed by atoms with Crippen LogP contribution in [0.5, 0.6) is 0 Å². The molecule has 0 saturated heterocycles. The fourth-order valence-corrected chi connectivity index (χ4v) is 2.79. The van der Waals surface area contributed by atoms with Crippen molar-refractivity contribution >= 4 is 29.3 Å². The Hall–Kier alpha value is -2.21. The number of hydrogen-bond donors (Lipinski definition) is 2. The van der Waals surface area contributed by atoms with Crippen LogP contribution < -0.4 is 10.6 Å². The number of thioether (sulfide) groups is 1. The van der Waals surface area contributed by atoms with E-state index < -0.39 is 6.04 Å². The van der Waals surface area contributed by atoms with Gasteiger partial charge in [0.25, 0.3) is 5.91 Å². The first-order chi connectivity index (χ1) is 12.0. The Morgan fingerprint density at radius 3 is 2.44 bits per heavy atom. The van der Waals surface area contributed by atoms with E-state index in [-0.39, 0.29) is 17.6 Å². The maximum atomic E-state index is 12.6. The van der Waals surface area contributed by atoms with Crippen LogP contribution in [0.3, 0.4) is 0 Å². The Balaban J connectivity index is 2.02. The molecule has 2 rings (SSSR count). The van der Waals surface area contributed by atoms with E-state index in [4.69, 9.17) is 4.42 Å². The van der Waals surface area contributed by atoms with Crippen molar-refractivity contribution < 1.29 is 14.0 Å². The van der Waals surface area contributed by atoms with Gasteiger partial charge in [0.2, 0.25) is 5.91 Å². The molecule has 1 aromatic carbocycles. The number of rotatable bonds is 8. The molecule has 2 N–H and O–H groups in total. The summed E-state index contributed by atoms with van der Waals surface area (Å²) in [5.41, 5.74) is 1.93. The molecule has 134 valence electrons. The van der Waals surface area contributed by atoms with Crippen molar-refractivity contribution in [3.8, 4) is 0 Å². The maximum absolute atomic E-state index is 12.6. The lowest BCUT2D eigenvalue weighted by Gasteiger charge is -2.18. The highest BCUT2D eigenvalue weighted by atomic mass is 32.2. The van der Waals surface area contributed by atoms with E-state index in [9.17, 15) is 9.59 Å². The van der Waals surface area contributed by atoms with Gasteiger partial charge in [-0.15, -0.1) is 0 Å². The lowest BCUT2D eigenvalue weighted by molar-refractivity contribution is -0.118. The molecule has 25 heavy (non-hydrogen) atoms. The molecule has 1 aromatic heterocycles. The molecule has 0 radical (unpaired) electrons. The Bertz CT molecular complexity index is 681. The number of benzene rings is 1. The molecular formula is C19H24N2O3S. The number of carbonyl (C=O) groups excluding carboxylic acids is 2. The third-order valence-electron chi connectivity index (χ3n) is 3.82. The van der Waals surface area contributed by atoms with Gasteiger partial charge < -0.3 is 15.1 Å². The summed E-state index contributed by atoms with van der Waals surface area (Å²) in [6, 6.07) is 10.4. The van der Waals surface area contributed by atoms with Crippen LogP contribution >= 0.6 is 11.8 Å². The van der Waals surface area contributed by atoms with E-state index >= 15 is 0 Å². The quantitative estimate of drug-likeness (QED) is 0.749. The second-order valence-electron chi connectivity index (χ2n) is 6.05. The van der Waals surface area contributed by atoms with Gasteiger partial charge in [-0.3, -0.25) is 9.59 Å². The molecule has 1 heterocycles. The van der Waals surface area contributed by atoms with Crippen LogP contribution in [0.2, 0.25) is 0 Å². The Kier molecular flexibility index (Phi) is 7.13. The van der Waals surface area contributed by atoms with Gasteiger partial charge in [-0.1, -0.05) is 26.0 Å². The zero-order chi connectivity index (χ0) is 18.2. The first-order valence-corrected chi connectivity index (χ1v) is 9.64. The summed E-state index contributed by atoms with van der Waals surface area (Å²) in [5.74, 6) is 0.783. The van der Waals surface area contributed by atoms with Crippen molar-refractivity contribution in [2.45, 2.75) is 32.2 Å². The lowest BCUT2D eigenvalue weighted by atomic mass is 10.0. The molecule has 6 heteroatoms. The van der Waals surface area contributed by atoms with Crippen molar-refractivity contribution in [1.29, 1.82) is 0 Å². The van der Waals surface area contributed by atoms with Crippen molar-refractivity contribution in [2.75, 3.05) is 17.3 Å². The molecular weight excluding hydrogens is 336 g/mol. The molecule has 0 aliphatic rings. The van der Waals surface area contributed by atoms with Gasteiger partial charge in [0.15, 0.2) is 5.76 Å². The predicted molar refractivity (Wildman–Crippen MR) is 102 cm³/mol. The van der Waals surface area contributed by atoms with Crippen LogP contribution in [-0.4, -0.2) is 29.9 Å². The lowest BCUT2D eigenvalue weighted by Crippen LogP contribution is -2.44. The maximum Gasteiger partial charge on any atom is 0.287 e. The fourth-order valence-electron chi connectivity index (χ4n) is 2.32. The first kappa shape index (κ1) is 19.1. The number of amides is 2. The molecule has 2 amide bonds. The molecule has 0 saturated carbocycles. The minimum Gasteiger partial charge on any atom is -0.459 e. The Morgan fingerprint density at radius 2 is 1.88 bits per heavy atom. The van der Waals surface area contributed by atoms with E-state index in [2.05, 4.69) is 24.5 Å². The summed E-state index contributed by atoms with van der Waals surface area (Å²) in [7, 11) is 0. The van der Waals surface area contributed by atoms with Crippen LogP contribution in [0, 0.1) is 0 Å². The largest absolute Gasteiger partial charge is 0.459 e.